The fraction of sp³-hybridized carbons (Fsp3) is 0.188. The summed E-state index contributed by atoms with van der Waals surface area (Å²) in [4.78, 5) is 31.3. The predicted molar refractivity (Wildman–Crippen MR) is 86.8 cm³/mol. The summed E-state index contributed by atoms with van der Waals surface area (Å²) in [6, 6.07) is 11.3. The first kappa shape index (κ1) is 14.5. The third-order valence-corrected chi connectivity index (χ3v) is 4.31. The first-order valence-electron chi connectivity index (χ1n) is 6.86. The Labute approximate surface area is 131 Å². The Hall–Kier alpha value is -2.47. The normalized spacial score (nSPS) is 10.8. The maximum Gasteiger partial charge on any atom is 0.269 e. The van der Waals surface area contributed by atoms with Gasteiger partial charge < -0.3 is 4.90 Å². The van der Waals surface area contributed by atoms with Gasteiger partial charge in [0.05, 0.1) is 23.8 Å². The van der Waals surface area contributed by atoms with Gasteiger partial charge in [-0.25, -0.2) is 4.98 Å². The Morgan fingerprint density at radius 2 is 2.09 bits per heavy atom. The van der Waals surface area contributed by atoms with Crippen LogP contribution in [0, 0.1) is 0 Å². The molecule has 1 aromatic carbocycles. The molecule has 0 saturated heterocycles. The zero-order valence-electron chi connectivity index (χ0n) is 12.1. The Morgan fingerprint density at radius 1 is 1.27 bits per heavy atom. The fourth-order valence-corrected chi connectivity index (χ4v) is 3.02. The molecule has 0 saturated carbocycles. The van der Waals surface area contributed by atoms with Gasteiger partial charge in [-0.15, -0.1) is 11.3 Å². The van der Waals surface area contributed by atoms with Crippen LogP contribution in [-0.2, 0) is 17.9 Å². The smallest absolute Gasteiger partial charge is 0.269 e. The second kappa shape index (κ2) is 6.11. The van der Waals surface area contributed by atoms with E-state index in [1.807, 2.05) is 35.7 Å². The van der Waals surface area contributed by atoms with E-state index in [0.29, 0.717) is 17.6 Å². The minimum Gasteiger partial charge on any atom is -0.339 e. The highest BCUT2D eigenvalue weighted by atomic mass is 32.1. The van der Waals surface area contributed by atoms with Crippen LogP contribution in [0.5, 0.6) is 0 Å². The number of carbonyl (C=O) groups excluding carboxylic acids is 1. The van der Waals surface area contributed by atoms with Crippen molar-refractivity contribution in [2.75, 3.05) is 7.05 Å². The lowest BCUT2D eigenvalue weighted by Crippen LogP contribution is -2.33. The fourth-order valence-electron chi connectivity index (χ4n) is 2.26. The minimum atomic E-state index is -0.267. The van der Waals surface area contributed by atoms with Gasteiger partial charge in [0, 0.05) is 11.9 Å². The minimum absolute atomic E-state index is 0.0176. The number of nitrogens with zero attached hydrogens (tertiary/aromatic N) is 3. The molecule has 0 fully saturated rings. The van der Waals surface area contributed by atoms with Gasteiger partial charge in [-0.1, -0.05) is 18.2 Å². The first-order valence-corrected chi connectivity index (χ1v) is 7.74. The molecule has 22 heavy (non-hydrogen) atoms. The Bertz CT molecular complexity index is 855. The second-order valence-electron chi connectivity index (χ2n) is 5.00. The van der Waals surface area contributed by atoms with Crippen molar-refractivity contribution in [3.8, 4) is 0 Å². The van der Waals surface area contributed by atoms with Crippen LogP contribution in [-0.4, -0.2) is 27.4 Å². The predicted octanol–water partition coefficient (Wildman–Crippen LogP) is 2.12. The number of hydrogen-bond donors (Lipinski definition) is 0. The number of amides is 1. The van der Waals surface area contributed by atoms with Crippen LogP contribution in [0.25, 0.3) is 11.0 Å². The molecule has 0 N–H and O–H groups in total. The molecule has 3 aromatic rings. The Balaban J connectivity index is 1.85. The number of rotatable bonds is 4. The summed E-state index contributed by atoms with van der Waals surface area (Å²) in [6.45, 7) is 0.567. The highest BCUT2D eigenvalue weighted by Gasteiger charge is 2.13. The average molecular weight is 313 g/mol. The second-order valence-corrected chi connectivity index (χ2v) is 6.03. The first-order chi connectivity index (χ1) is 10.6. The van der Waals surface area contributed by atoms with Crippen molar-refractivity contribution in [3.05, 3.63) is 63.2 Å². The molecule has 0 aliphatic rings. The van der Waals surface area contributed by atoms with E-state index in [-0.39, 0.29) is 18.0 Å². The lowest BCUT2D eigenvalue weighted by Gasteiger charge is -2.17. The van der Waals surface area contributed by atoms with Gasteiger partial charge >= 0.3 is 0 Å². The van der Waals surface area contributed by atoms with Gasteiger partial charge in [-0.3, -0.25) is 14.2 Å². The molecular weight excluding hydrogens is 298 g/mol. The van der Waals surface area contributed by atoms with Crippen molar-refractivity contribution in [3.63, 3.8) is 0 Å². The maximum atomic E-state index is 12.4. The van der Waals surface area contributed by atoms with Crippen molar-refractivity contribution < 1.29 is 4.79 Å². The topological polar surface area (TPSA) is 55.2 Å². The van der Waals surface area contributed by atoms with E-state index in [0.717, 1.165) is 4.88 Å². The number of hydrogen-bond acceptors (Lipinski definition) is 4. The van der Waals surface area contributed by atoms with Gasteiger partial charge in [-0.05, 0) is 23.6 Å². The van der Waals surface area contributed by atoms with Crippen LogP contribution in [0.2, 0.25) is 0 Å². The number of para-hydroxylation sites is 2. The number of benzene rings is 1. The molecule has 0 radical (unpaired) electrons. The van der Waals surface area contributed by atoms with E-state index >= 15 is 0 Å². The summed E-state index contributed by atoms with van der Waals surface area (Å²) >= 11 is 1.61. The van der Waals surface area contributed by atoms with Crippen molar-refractivity contribution in [1.82, 2.24) is 14.5 Å². The zero-order chi connectivity index (χ0) is 15.5. The van der Waals surface area contributed by atoms with Gasteiger partial charge in [0.1, 0.15) is 6.54 Å². The summed E-state index contributed by atoms with van der Waals surface area (Å²) < 4.78 is 1.47. The van der Waals surface area contributed by atoms with Crippen molar-refractivity contribution in [2.24, 2.45) is 0 Å². The number of fused-ring (bicyclic) bond motifs is 1. The molecule has 0 aliphatic carbocycles. The molecule has 1 amide bonds. The molecule has 3 rings (SSSR count). The molecule has 0 aliphatic heterocycles. The summed E-state index contributed by atoms with van der Waals surface area (Å²) in [5, 5.41) is 1.98. The van der Waals surface area contributed by atoms with Crippen LogP contribution < -0.4 is 5.56 Å². The summed E-state index contributed by atoms with van der Waals surface area (Å²) in [6.07, 6.45) is 1.26. The van der Waals surface area contributed by atoms with Gasteiger partial charge in [0.15, 0.2) is 0 Å². The maximum absolute atomic E-state index is 12.4. The summed E-state index contributed by atoms with van der Waals surface area (Å²) in [5.74, 6) is -0.105. The van der Waals surface area contributed by atoms with E-state index < -0.39 is 0 Å². The van der Waals surface area contributed by atoms with Crippen LogP contribution in [0.1, 0.15) is 4.88 Å². The Morgan fingerprint density at radius 3 is 2.86 bits per heavy atom. The van der Waals surface area contributed by atoms with Gasteiger partial charge in [0.2, 0.25) is 5.91 Å². The van der Waals surface area contributed by atoms with Crippen LogP contribution in [0.3, 0.4) is 0 Å². The lowest BCUT2D eigenvalue weighted by molar-refractivity contribution is -0.131. The highest BCUT2D eigenvalue weighted by molar-refractivity contribution is 7.09. The lowest BCUT2D eigenvalue weighted by atomic mass is 10.3. The zero-order valence-corrected chi connectivity index (χ0v) is 12.9. The molecule has 0 unspecified atom stereocenters. The molecule has 0 spiro atoms. The molecule has 5 nitrogen and oxygen atoms in total. The SMILES string of the molecule is CN(Cc1cccs1)C(=O)Cn1c(=O)cnc2ccccc21. The van der Waals surface area contributed by atoms with Crippen molar-refractivity contribution in [2.45, 2.75) is 13.1 Å². The largest absolute Gasteiger partial charge is 0.339 e. The molecule has 112 valence electrons. The molecule has 2 heterocycles. The quantitative estimate of drug-likeness (QED) is 0.741. The molecule has 2 aromatic heterocycles. The molecule has 6 heteroatoms. The third-order valence-electron chi connectivity index (χ3n) is 3.44. The van der Waals surface area contributed by atoms with Crippen LogP contribution in [0.15, 0.2) is 52.8 Å². The van der Waals surface area contributed by atoms with Crippen molar-refractivity contribution in [1.29, 1.82) is 0 Å². The summed E-state index contributed by atoms with van der Waals surface area (Å²) in [5.41, 5.74) is 1.11. The van der Waals surface area contributed by atoms with Gasteiger partial charge in [0.25, 0.3) is 5.56 Å². The van der Waals surface area contributed by atoms with E-state index in [2.05, 4.69) is 4.98 Å². The molecule has 0 bridgehead atoms. The number of thiophene rings is 1. The standard InChI is InChI=1S/C16H15N3O2S/c1-18(10-12-5-4-8-22-12)16(21)11-19-14-7-3-2-6-13(14)17-9-15(19)20/h2-9H,10-11H2,1H3. The molecule has 0 atom stereocenters. The Kier molecular flexibility index (Phi) is 4.02. The summed E-state index contributed by atoms with van der Waals surface area (Å²) in [7, 11) is 1.75. The number of carbonyl (C=O) groups is 1. The van der Waals surface area contributed by atoms with Crippen molar-refractivity contribution >= 4 is 28.3 Å². The van der Waals surface area contributed by atoms with Crippen LogP contribution >= 0.6 is 11.3 Å². The highest BCUT2D eigenvalue weighted by Crippen LogP contribution is 2.12. The van der Waals surface area contributed by atoms with Gasteiger partial charge in [-0.2, -0.15) is 0 Å². The van der Waals surface area contributed by atoms with Crippen LogP contribution in [0.4, 0.5) is 0 Å². The number of likely N-dealkylation sites (N-methyl/N-ethyl adjacent to an activating group) is 1. The van der Waals surface area contributed by atoms with E-state index in [1.165, 1.54) is 10.8 Å². The van der Waals surface area contributed by atoms with E-state index in [4.69, 9.17) is 0 Å². The number of aromatic nitrogens is 2. The monoisotopic (exact) mass is 313 g/mol. The van der Waals surface area contributed by atoms with E-state index in [9.17, 15) is 9.59 Å². The molecular formula is C16H15N3O2S. The average Bonchev–Trinajstić information content (AvgIpc) is 3.03. The third kappa shape index (κ3) is 2.92. The van der Waals surface area contributed by atoms with E-state index in [1.54, 1.807) is 29.4 Å².